The molecule has 96 valence electrons. The fraction of sp³-hybridized carbons (Fsp3) is 0.538. The maximum atomic E-state index is 5.63. The Hall–Kier alpha value is -1.26. The van der Waals surface area contributed by atoms with Gasteiger partial charge in [0.25, 0.3) is 0 Å². The van der Waals surface area contributed by atoms with Crippen molar-refractivity contribution in [1.29, 1.82) is 0 Å². The first-order valence-electron chi connectivity index (χ1n) is 5.91. The van der Waals surface area contributed by atoms with Crippen molar-refractivity contribution >= 4 is 0 Å². The lowest BCUT2D eigenvalue weighted by Crippen LogP contribution is -2.26. The Kier molecular flexibility index (Phi) is 6.43. The fourth-order valence-corrected chi connectivity index (χ4v) is 1.46. The van der Waals surface area contributed by atoms with Gasteiger partial charge in [0.15, 0.2) is 0 Å². The zero-order valence-electron chi connectivity index (χ0n) is 10.7. The number of nitrogens with two attached hydrogens (primary N) is 1. The molecule has 0 aliphatic rings. The molecule has 1 aromatic rings. The van der Waals surface area contributed by atoms with Crippen molar-refractivity contribution in [2.45, 2.75) is 6.42 Å². The normalized spacial score (nSPS) is 10.6. The molecule has 0 aliphatic heterocycles. The second-order valence-corrected chi connectivity index (χ2v) is 3.97. The van der Waals surface area contributed by atoms with Crippen molar-refractivity contribution in [3.05, 3.63) is 24.3 Å². The lowest BCUT2D eigenvalue weighted by atomic mass is 10.3. The topological polar surface area (TPSA) is 47.7 Å². The number of methoxy groups -OCH3 is 1. The van der Waals surface area contributed by atoms with Gasteiger partial charge in [0.2, 0.25) is 0 Å². The fourth-order valence-electron chi connectivity index (χ4n) is 1.46. The molecule has 0 radical (unpaired) electrons. The third-order valence-corrected chi connectivity index (χ3v) is 2.55. The molecule has 4 heteroatoms. The number of ether oxygens (including phenoxy) is 2. The van der Waals surface area contributed by atoms with Gasteiger partial charge in [-0.05, 0) is 50.8 Å². The molecule has 0 spiro atoms. The second-order valence-electron chi connectivity index (χ2n) is 3.97. The van der Waals surface area contributed by atoms with Gasteiger partial charge < -0.3 is 20.1 Å². The molecule has 4 nitrogen and oxygen atoms in total. The Morgan fingerprint density at radius 3 is 2.35 bits per heavy atom. The molecule has 0 fully saturated rings. The van der Waals surface area contributed by atoms with E-state index in [1.54, 1.807) is 7.11 Å². The molecule has 0 aliphatic carbocycles. The first kappa shape index (κ1) is 13.8. The summed E-state index contributed by atoms with van der Waals surface area (Å²) in [6.45, 7) is 3.35. The van der Waals surface area contributed by atoms with E-state index in [1.807, 2.05) is 24.3 Å². The van der Waals surface area contributed by atoms with E-state index in [4.69, 9.17) is 15.2 Å². The zero-order valence-corrected chi connectivity index (χ0v) is 10.7. The molecule has 17 heavy (non-hydrogen) atoms. The Labute approximate surface area is 103 Å². The summed E-state index contributed by atoms with van der Waals surface area (Å²) in [5, 5.41) is 0. The first-order chi connectivity index (χ1) is 8.26. The van der Waals surface area contributed by atoms with Crippen LogP contribution in [0.25, 0.3) is 0 Å². The Balaban J connectivity index is 2.21. The SMILES string of the molecule is COc1ccc(OCCN(C)CCCN)cc1. The molecule has 2 N–H and O–H groups in total. The van der Waals surface area contributed by atoms with Crippen molar-refractivity contribution in [1.82, 2.24) is 4.90 Å². The number of likely N-dealkylation sites (N-methyl/N-ethyl adjacent to an activating group) is 1. The van der Waals surface area contributed by atoms with Gasteiger partial charge in [0.05, 0.1) is 7.11 Å². The summed E-state index contributed by atoms with van der Waals surface area (Å²) in [7, 11) is 3.73. The van der Waals surface area contributed by atoms with Crippen LogP contribution >= 0.6 is 0 Å². The molecule has 0 aromatic heterocycles. The lowest BCUT2D eigenvalue weighted by molar-refractivity contribution is 0.236. The molecule has 1 rings (SSSR count). The highest BCUT2D eigenvalue weighted by Gasteiger charge is 1.99. The molecule has 0 atom stereocenters. The molecule has 0 bridgehead atoms. The Morgan fingerprint density at radius 2 is 1.76 bits per heavy atom. The van der Waals surface area contributed by atoms with Gasteiger partial charge in [0, 0.05) is 6.54 Å². The highest BCUT2D eigenvalue weighted by Crippen LogP contribution is 2.16. The van der Waals surface area contributed by atoms with Gasteiger partial charge in [-0.3, -0.25) is 0 Å². The van der Waals surface area contributed by atoms with Gasteiger partial charge in [-0.25, -0.2) is 0 Å². The van der Waals surface area contributed by atoms with E-state index in [0.717, 1.165) is 37.6 Å². The summed E-state index contributed by atoms with van der Waals surface area (Å²) >= 11 is 0. The second kappa shape index (κ2) is 7.92. The third-order valence-electron chi connectivity index (χ3n) is 2.55. The predicted molar refractivity (Wildman–Crippen MR) is 69.7 cm³/mol. The minimum Gasteiger partial charge on any atom is -0.497 e. The lowest BCUT2D eigenvalue weighted by Gasteiger charge is -2.16. The summed E-state index contributed by atoms with van der Waals surface area (Å²) < 4.78 is 10.7. The van der Waals surface area contributed by atoms with E-state index in [2.05, 4.69) is 11.9 Å². The average molecular weight is 238 g/mol. The number of hydrogen-bond donors (Lipinski definition) is 1. The molecular weight excluding hydrogens is 216 g/mol. The summed E-state index contributed by atoms with van der Waals surface area (Å²) in [5.74, 6) is 1.72. The monoisotopic (exact) mass is 238 g/mol. The maximum Gasteiger partial charge on any atom is 0.119 e. The molecule has 0 amide bonds. The Morgan fingerprint density at radius 1 is 1.12 bits per heavy atom. The minimum absolute atomic E-state index is 0.688. The number of hydrogen-bond acceptors (Lipinski definition) is 4. The molecule has 1 aromatic carbocycles. The van der Waals surface area contributed by atoms with Crippen LogP contribution < -0.4 is 15.2 Å². The molecule has 0 saturated carbocycles. The quantitative estimate of drug-likeness (QED) is 0.743. The number of nitrogens with zero attached hydrogens (tertiary/aromatic N) is 1. The zero-order chi connectivity index (χ0) is 12.5. The van der Waals surface area contributed by atoms with Crippen molar-refractivity contribution in [3.63, 3.8) is 0 Å². The first-order valence-corrected chi connectivity index (χ1v) is 5.91. The third kappa shape index (κ3) is 5.56. The van der Waals surface area contributed by atoms with E-state index < -0.39 is 0 Å². The highest BCUT2D eigenvalue weighted by molar-refractivity contribution is 5.31. The van der Waals surface area contributed by atoms with Crippen LogP contribution in [0.4, 0.5) is 0 Å². The van der Waals surface area contributed by atoms with Crippen molar-refractivity contribution in [3.8, 4) is 11.5 Å². The van der Waals surface area contributed by atoms with Crippen molar-refractivity contribution in [2.75, 3.05) is 40.4 Å². The van der Waals surface area contributed by atoms with Gasteiger partial charge in [-0.2, -0.15) is 0 Å². The van der Waals surface area contributed by atoms with Gasteiger partial charge >= 0.3 is 0 Å². The van der Waals surface area contributed by atoms with Crippen LogP contribution in [0.1, 0.15) is 6.42 Å². The van der Waals surface area contributed by atoms with E-state index in [9.17, 15) is 0 Å². The molecule has 0 heterocycles. The maximum absolute atomic E-state index is 5.63. The van der Waals surface area contributed by atoms with Crippen LogP contribution in [-0.2, 0) is 0 Å². The van der Waals surface area contributed by atoms with Crippen LogP contribution in [0, 0.1) is 0 Å². The molecular formula is C13H22N2O2. The predicted octanol–water partition coefficient (Wildman–Crippen LogP) is 1.35. The van der Waals surface area contributed by atoms with E-state index >= 15 is 0 Å². The summed E-state index contributed by atoms with van der Waals surface area (Å²) in [5.41, 5.74) is 5.45. The van der Waals surface area contributed by atoms with Crippen LogP contribution in [0.3, 0.4) is 0 Å². The van der Waals surface area contributed by atoms with Crippen LogP contribution in [0.15, 0.2) is 24.3 Å². The number of benzene rings is 1. The minimum atomic E-state index is 0.688. The van der Waals surface area contributed by atoms with Crippen molar-refractivity contribution < 1.29 is 9.47 Å². The molecule has 0 saturated heterocycles. The molecule has 0 unspecified atom stereocenters. The van der Waals surface area contributed by atoms with E-state index in [1.165, 1.54) is 0 Å². The largest absolute Gasteiger partial charge is 0.497 e. The summed E-state index contributed by atoms with van der Waals surface area (Å²) in [6.07, 6.45) is 1.03. The summed E-state index contributed by atoms with van der Waals surface area (Å²) in [4.78, 5) is 2.22. The average Bonchev–Trinajstić information content (AvgIpc) is 2.37. The smallest absolute Gasteiger partial charge is 0.119 e. The van der Waals surface area contributed by atoms with Crippen LogP contribution in [-0.4, -0.2) is 45.3 Å². The highest BCUT2D eigenvalue weighted by atomic mass is 16.5. The van der Waals surface area contributed by atoms with Gasteiger partial charge in [-0.15, -0.1) is 0 Å². The standard InChI is InChI=1S/C13H22N2O2/c1-15(9-3-8-14)10-11-17-13-6-4-12(16-2)5-7-13/h4-7H,3,8-11,14H2,1-2H3. The van der Waals surface area contributed by atoms with Crippen LogP contribution in [0.2, 0.25) is 0 Å². The number of rotatable bonds is 8. The van der Waals surface area contributed by atoms with E-state index in [0.29, 0.717) is 6.61 Å². The van der Waals surface area contributed by atoms with E-state index in [-0.39, 0.29) is 0 Å². The Bertz CT molecular complexity index is 301. The van der Waals surface area contributed by atoms with Crippen LogP contribution in [0.5, 0.6) is 11.5 Å². The van der Waals surface area contributed by atoms with Gasteiger partial charge in [-0.1, -0.05) is 0 Å². The van der Waals surface area contributed by atoms with Crippen molar-refractivity contribution in [2.24, 2.45) is 5.73 Å². The summed E-state index contributed by atoms with van der Waals surface area (Å²) in [6, 6.07) is 7.62. The van der Waals surface area contributed by atoms with Gasteiger partial charge in [0.1, 0.15) is 18.1 Å².